The molecule has 4 atom stereocenters. The van der Waals surface area contributed by atoms with Crippen molar-refractivity contribution < 1.29 is 27.5 Å². The molecule has 0 saturated heterocycles. The summed E-state index contributed by atoms with van der Waals surface area (Å²) < 4.78 is 40.2. The van der Waals surface area contributed by atoms with Gasteiger partial charge in [-0.25, -0.2) is 4.72 Å². The van der Waals surface area contributed by atoms with Crippen LogP contribution in [0.4, 0.5) is 5.69 Å². The maximum Gasteiger partial charge on any atom is 0.314 e. The first-order valence-electron chi connectivity index (χ1n) is 17.1. The van der Waals surface area contributed by atoms with E-state index in [-0.39, 0.29) is 23.4 Å². The van der Waals surface area contributed by atoms with Crippen molar-refractivity contribution in [3.63, 3.8) is 0 Å². The molecule has 10 heteroatoms. The van der Waals surface area contributed by atoms with E-state index in [1.807, 2.05) is 42.5 Å². The number of nitrogens with one attached hydrogen (secondary N) is 1. The van der Waals surface area contributed by atoms with Crippen LogP contribution in [0, 0.1) is 11.3 Å². The second kappa shape index (κ2) is 12.2. The summed E-state index contributed by atoms with van der Waals surface area (Å²) in [6, 6.07) is 22.2. The van der Waals surface area contributed by atoms with Crippen LogP contribution in [0.25, 0.3) is 0 Å². The highest BCUT2D eigenvalue weighted by Gasteiger charge is 2.69. The molecule has 0 bridgehead atoms. The second-order valence-corrected chi connectivity index (χ2v) is 16.0. The molecular formula is C38H45N3O6S. The van der Waals surface area contributed by atoms with Gasteiger partial charge >= 0.3 is 16.2 Å². The Bertz CT molecular complexity index is 1840. The Kier molecular flexibility index (Phi) is 8.31. The minimum Gasteiger partial charge on any atom is -0.489 e. The van der Waals surface area contributed by atoms with Crippen molar-refractivity contribution in [1.29, 1.82) is 0 Å². The van der Waals surface area contributed by atoms with E-state index in [9.17, 15) is 18.0 Å². The fraction of sp³-hybridized carbons (Fsp3) is 0.474. The van der Waals surface area contributed by atoms with Crippen LogP contribution >= 0.6 is 0 Å². The molecule has 9 nitrogen and oxygen atoms in total. The molecule has 7 rings (SSSR count). The number of nitrogens with zero attached hydrogens (tertiary/aromatic N) is 2. The van der Waals surface area contributed by atoms with E-state index < -0.39 is 27.1 Å². The number of hydrogen-bond donors (Lipinski definition) is 1. The lowest BCUT2D eigenvalue weighted by Crippen LogP contribution is -2.50. The highest BCUT2D eigenvalue weighted by atomic mass is 32.2. The molecule has 1 N–H and O–H groups in total. The van der Waals surface area contributed by atoms with Crippen LogP contribution in [0.1, 0.15) is 96.3 Å². The van der Waals surface area contributed by atoms with Gasteiger partial charge in [0.2, 0.25) is 0 Å². The smallest absolute Gasteiger partial charge is 0.314 e. The summed E-state index contributed by atoms with van der Waals surface area (Å²) in [7, 11) is 0.245. The van der Waals surface area contributed by atoms with Gasteiger partial charge < -0.3 is 14.4 Å². The van der Waals surface area contributed by atoms with Gasteiger partial charge in [-0.1, -0.05) is 68.7 Å². The molecule has 48 heavy (non-hydrogen) atoms. The molecule has 0 spiro atoms. The summed E-state index contributed by atoms with van der Waals surface area (Å²) in [4.78, 5) is 29.5. The SMILES string of the molecule is CCC12c3ccc(OCc4ccccc4)cc3C3CC3(C(=O)OC)CN1c1cc(C(=O)NS(=O)(=O)N(C)C)ccc1C2C1CCCCC1. The maximum atomic E-state index is 13.7. The quantitative estimate of drug-likeness (QED) is 0.268. The Morgan fingerprint density at radius 2 is 1.73 bits per heavy atom. The van der Waals surface area contributed by atoms with Crippen LogP contribution in [0.2, 0.25) is 0 Å². The first-order valence-corrected chi connectivity index (χ1v) is 18.6. The van der Waals surface area contributed by atoms with Gasteiger partial charge in [-0.15, -0.1) is 0 Å². The largest absolute Gasteiger partial charge is 0.489 e. The fourth-order valence-electron chi connectivity index (χ4n) is 9.06. The maximum absolute atomic E-state index is 13.7. The Morgan fingerprint density at radius 3 is 2.42 bits per heavy atom. The topological polar surface area (TPSA) is 105 Å². The van der Waals surface area contributed by atoms with Crippen molar-refractivity contribution in [2.24, 2.45) is 11.3 Å². The average molecular weight is 672 g/mol. The Balaban J connectivity index is 1.38. The van der Waals surface area contributed by atoms with Gasteiger partial charge in [0, 0.05) is 43.7 Å². The van der Waals surface area contributed by atoms with E-state index in [0.29, 0.717) is 25.5 Å². The van der Waals surface area contributed by atoms with Gasteiger partial charge in [0.25, 0.3) is 5.91 Å². The molecule has 4 aliphatic rings. The molecule has 0 radical (unpaired) electrons. The van der Waals surface area contributed by atoms with E-state index in [1.54, 1.807) is 6.07 Å². The Labute approximate surface area is 283 Å². The molecule has 4 unspecified atom stereocenters. The van der Waals surface area contributed by atoms with Crippen LogP contribution < -0.4 is 14.4 Å². The van der Waals surface area contributed by atoms with Crippen molar-refractivity contribution in [3.05, 3.63) is 94.5 Å². The molecule has 2 aliphatic carbocycles. The third-order valence-corrected chi connectivity index (χ3v) is 12.9. The zero-order valence-corrected chi connectivity index (χ0v) is 29.0. The Morgan fingerprint density at radius 1 is 0.979 bits per heavy atom. The van der Waals surface area contributed by atoms with Gasteiger partial charge in [-0.3, -0.25) is 9.59 Å². The zero-order valence-electron chi connectivity index (χ0n) is 28.2. The number of fused-ring (bicyclic) bond motifs is 7. The average Bonchev–Trinajstić information content (AvgIpc) is 3.78. The van der Waals surface area contributed by atoms with E-state index in [4.69, 9.17) is 9.47 Å². The summed E-state index contributed by atoms with van der Waals surface area (Å²) in [5.41, 5.74) is 4.53. The molecule has 3 aromatic rings. The molecule has 2 saturated carbocycles. The highest BCUT2D eigenvalue weighted by molar-refractivity contribution is 7.87. The monoisotopic (exact) mass is 671 g/mol. The van der Waals surface area contributed by atoms with Gasteiger partial charge in [0.1, 0.15) is 12.4 Å². The highest BCUT2D eigenvalue weighted by Crippen LogP contribution is 2.70. The van der Waals surface area contributed by atoms with E-state index in [1.165, 1.54) is 46.0 Å². The number of ether oxygens (including phenoxy) is 2. The lowest BCUT2D eigenvalue weighted by Gasteiger charge is -2.48. The van der Waals surface area contributed by atoms with E-state index in [0.717, 1.165) is 51.7 Å². The van der Waals surface area contributed by atoms with Crippen molar-refractivity contribution in [3.8, 4) is 5.75 Å². The van der Waals surface area contributed by atoms with Crippen LogP contribution in [0.3, 0.4) is 0 Å². The number of carbonyl (C=O) groups is 2. The van der Waals surface area contributed by atoms with E-state index >= 15 is 0 Å². The summed E-state index contributed by atoms with van der Waals surface area (Å²) in [6.45, 7) is 3.13. The molecule has 254 valence electrons. The molecule has 2 aliphatic heterocycles. The summed E-state index contributed by atoms with van der Waals surface area (Å²) in [6.07, 6.45) is 7.26. The predicted octanol–water partition coefficient (Wildman–Crippen LogP) is 6.25. The fourth-order valence-corrected chi connectivity index (χ4v) is 9.59. The standard InChI is InChI=1S/C38H45N3O6S/c1-5-38-31-19-17-28(47-23-25-12-8-6-9-13-25)21-30(31)32-22-37(32,36(43)46-4)24-41(38)33-20-27(35(42)39-48(44,45)40(2)3)16-18-29(33)34(38)26-14-10-7-11-15-26/h6,8-9,12-13,16-21,26,32,34H,5,7,10-11,14-15,22-24H2,1-4H3,(H,39,42). The molecule has 0 aromatic heterocycles. The molecule has 1 amide bonds. The first kappa shape index (κ1) is 32.6. The number of esters is 1. The zero-order chi connectivity index (χ0) is 33.8. The predicted molar refractivity (Wildman–Crippen MR) is 184 cm³/mol. The summed E-state index contributed by atoms with van der Waals surface area (Å²) in [5.74, 6) is 0.381. The number of amides is 1. The third-order valence-electron chi connectivity index (χ3n) is 11.5. The van der Waals surface area contributed by atoms with Crippen molar-refractivity contribution in [2.75, 3.05) is 32.6 Å². The number of benzene rings is 3. The molecule has 2 fully saturated rings. The summed E-state index contributed by atoms with van der Waals surface area (Å²) >= 11 is 0. The molecular weight excluding hydrogens is 626 g/mol. The lowest BCUT2D eigenvalue weighted by molar-refractivity contribution is -0.147. The first-order chi connectivity index (χ1) is 23.1. The summed E-state index contributed by atoms with van der Waals surface area (Å²) in [5, 5.41) is 0. The molecule has 3 aromatic carbocycles. The van der Waals surface area contributed by atoms with Gasteiger partial charge in [-0.05, 0) is 78.1 Å². The van der Waals surface area contributed by atoms with Gasteiger partial charge in [-0.2, -0.15) is 12.7 Å². The van der Waals surface area contributed by atoms with Crippen molar-refractivity contribution in [1.82, 2.24) is 9.03 Å². The number of rotatable bonds is 9. The number of hydrogen-bond acceptors (Lipinski definition) is 7. The van der Waals surface area contributed by atoms with Gasteiger partial charge in [0.15, 0.2) is 0 Å². The van der Waals surface area contributed by atoms with Crippen LogP contribution in [0.15, 0.2) is 66.7 Å². The van der Waals surface area contributed by atoms with Crippen LogP contribution in [-0.2, 0) is 31.9 Å². The molecule has 2 heterocycles. The lowest BCUT2D eigenvalue weighted by atomic mass is 9.64. The Hall–Kier alpha value is -3.89. The van der Waals surface area contributed by atoms with Crippen molar-refractivity contribution >= 4 is 27.8 Å². The number of anilines is 1. The minimum absolute atomic E-state index is 0.0265. The van der Waals surface area contributed by atoms with Crippen molar-refractivity contribution in [2.45, 2.75) is 75.9 Å². The minimum atomic E-state index is -3.98. The second-order valence-electron chi connectivity index (χ2n) is 14.2. The number of methoxy groups -OCH3 is 1. The normalized spacial score (nSPS) is 26.1. The van der Waals surface area contributed by atoms with Crippen LogP contribution in [0.5, 0.6) is 5.75 Å². The number of carbonyl (C=O) groups excluding carboxylic acids is 2. The van der Waals surface area contributed by atoms with Crippen LogP contribution in [-0.4, -0.2) is 52.3 Å². The van der Waals surface area contributed by atoms with E-state index in [2.05, 4.69) is 34.7 Å². The van der Waals surface area contributed by atoms with Gasteiger partial charge in [0.05, 0.1) is 18.1 Å². The third kappa shape index (κ3) is 5.19.